The highest BCUT2D eigenvalue weighted by molar-refractivity contribution is 6.30. The van der Waals surface area contributed by atoms with E-state index in [9.17, 15) is 14.7 Å². The average Bonchev–Trinajstić information content (AvgIpc) is 2.35. The first-order chi connectivity index (χ1) is 10.2. The van der Waals surface area contributed by atoms with E-state index in [1.807, 2.05) is 13.8 Å². The Kier molecular flexibility index (Phi) is 4.61. The van der Waals surface area contributed by atoms with Crippen LogP contribution in [0, 0.1) is 5.41 Å². The van der Waals surface area contributed by atoms with Crippen LogP contribution in [0.3, 0.4) is 0 Å². The lowest BCUT2D eigenvalue weighted by atomic mass is 9.74. The number of amides is 1. The minimum Gasteiger partial charge on any atom is -0.512 e. The molecule has 1 atom stereocenters. The van der Waals surface area contributed by atoms with Crippen LogP contribution in [0.2, 0.25) is 5.02 Å². The first-order valence-corrected chi connectivity index (χ1v) is 7.55. The zero-order valence-corrected chi connectivity index (χ0v) is 13.7. The number of aliphatic hydroxyl groups is 1. The Morgan fingerprint density at radius 1 is 1.27 bits per heavy atom. The summed E-state index contributed by atoms with van der Waals surface area (Å²) in [5.74, 6) is -0.352. The normalized spacial score (nSPS) is 19.0. The molecule has 0 fully saturated rings. The largest absolute Gasteiger partial charge is 0.512 e. The third-order valence-electron chi connectivity index (χ3n) is 3.74. The van der Waals surface area contributed by atoms with Gasteiger partial charge in [0.2, 0.25) is 5.91 Å². The van der Waals surface area contributed by atoms with Gasteiger partial charge in [0, 0.05) is 24.8 Å². The zero-order chi connectivity index (χ0) is 16.5. The molecule has 0 bridgehead atoms. The van der Waals surface area contributed by atoms with Gasteiger partial charge in [-0.15, -0.1) is 0 Å². The molecule has 1 aromatic rings. The molecule has 22 heavy (non-hydrogen) atoms. The van der Waals surface area contributed by atoms with Crippen LogP contribution in [0.4, 0.5) is 0 Å². The number of benzene rings is 1. The molecule has 118 valence electrons. The number of hydrogen-bond donors (Lipinski definition) is 2. The Morgan fingerprint density at radius 3 is 2.36 bits per heavy atom. The van der Waals surface area contributed by atoms with Crippen LogP contribution in [0.15, 0.2) is 35.6 Å². The smallest absolute Gasteiger partial charge is 0.217 e. The van der Waals surface area contributed by atoms with Crippen molar-refractivity contribution in [3.8, 4) is 0 Å². The molecule has 1 aliphatic rings. The number of aliphatic hydroxyl groups excluding tert-OH is 1. The molecule has 1 aliphatic carbocycles. The average molecular weight is 322 g/mol. The van der Waals surface area contributed by atoms with Crippen molar-refractivity contribution in [2.75, 3.05) is 0 Å². The summed E-state index contributed by atoms with van der Waals surface area (Å²) in [5.41, 5.74) is 0.719. The van der Waals surface area contributed by atoms with Crippen molar-refractivity contribution in [3.05, 3.63) is 46.2 Å². The Labute approximate surface area is 135 Å². The number of allylic oxidation sites excluding steroid dienone is 1. The van der Waals surface area contributed by atoms with E-state index in [-0.39, 0.29) is 28.4 Å². The van der Waals surface area contributed by atoms with Crippen molar-refractivity contribution in [1.29, 1.82) is 0 Å². The molecule has 0 saturated carbocycles. The summed E-state index contributed by atoms with van der Waals surface area (Å²) in [7, 11) is 0. The van der Waals surface area contributed by atoms with E-state index >= 15 is 0 Å². The third kappa shape index (κ3) is 3.69. The predicted molar refractivity (Wildman–Crippen MR) is 85.7 cm³/mol. The Morgan fingerprint density at radius 2 is 1.86 bits per heavy atom. The van der Waals surface area contributed by atoms with E-state index in [0.717, 1.165) is 0 Å². The van der Waals surface area contributed by atoms with Crippen molar-refractivity contribution < 1.29 is 14.7 Å². The lowest BCUT2D eigenvalue weighted by molar-refractivity contribution is -0.120. The molecule has 4 nitrogen and oxygen atoms in total. The Hall–Kier alpha value is -1.81. The van der Waals surface area contributed by atoms with E-state index in [2.05, 4.69) is 5.32 Å². The number of carbonyl (C=O) groups excluding carboxylic acids is 2. The molecule has 1 unspecified atom stereocenters. The molecule has 2 N–H and O–H groups in total. The summed E-state index contributed by atoms with van der Waals surface area (Å²) in [6, 6.07) is 6.23. The van der Waals surface area contributed by atoms with Crippen LogP contribution in [-0.2, 0) is 9.59 Å². The highest BCUT2D eigenvalue weighted by atomic mass is 35.5. The molecule has 0 aliphatic heterocycles. The highest BCUT2D eigenvalue weighted by Gasteiger charge is 2.37. The van der Waals surface area contributed by atoms with Crippen molar-refractivity contribution in [2.24, 2.45) is 5.41 Å². The SMILES string of the molecule is CC(=O)NC(C1=C(O)CC(C)(C)CC1=O)c1ccc(Cl)cc1. The zero-order valence-electron chi connectivity index (χ0n) is 12.9. The fourth-order valence-electron chi connectivity index (χ4n) is 2.81. The molecular weight excluding hydrogens is 302 g/mol. The second kappa shape index (κ2) is 6.13. The van der Waals surface area contributed by atoms with Crippen molar-refractivity contribution in [2.45, 2.75) is 39.7 Å². The van der Waals surface area contributed by atoms with Crippen molar-refractivity contribution >= 4 is 23.3 Å². The van der Waals surface area contributed by atoms with Crippen molar-refractivity contribution in [3.63, 3.8) is 0 Å². The van der Waals surface area contributed by atoms with E-state index in [0.29, 0.717) is 23.4 Å². The third-order valence-corrected chi connectivity index (χ3v) is 3.99. The number of nitrogens with one attached hydrogen (secondary N) is 1. The quantitative estimate of drug-likeness (QED) is 0.891. The van der Waals surface area contributed by atoms with Crippen LogP contribution < -0.4 is 5.32 Å². The van der Waals surface area contributed by atoms with Gasteiger partial charge in [-0.2, -0.15) is 0 Å². The van der Waals surface area contributed by atoms with E-state index in [4.69, 9.17) is 11.6 Å². The van der Waals surface area contributed by atoms with Crippen molar-refractivity contribution in [1.82, 2.24) is 5.32 Å². The molecule has 0 heterocycles. The van der Waals surface area contributed by atoms with Crippen LogP contribution in [-0.4, -0.2) is 16.8 Å². The maximum Gasteiger partial charge on any atom is 0.217 e. The topological polar surface area (TPSA) is 66.4 Å². The van der Waals surface area contributed by atoms with Crippen LogP contribution >= 0.6 is 11.6 Å². The predicted octanol–water partition coefficient (Wildman–Crippen LogP) is 3.72. The minimum atomic E-state index is -0.654. The van der Waals surface area contributed by atoms with Crippen LogP contribution in [0.25, 0.3) is 0 Å². The number of ketones is 1. The summed E-state index contributed by atoms with van der Waals surface area (Å²) < 4.78 is 0. The summed E-state index contributed by atoms with van der Waals surface area (Å²) in [6.07, 6.45) is 0.758. The molecule has 0 saturated heterocycles. The van der Waals surface area contributed by atoms with E-state index in [1.165, 1.54) is 6.92 Å². The summed E-state index contributed by atoms with van der Waals surface area (Å²) in [4.78, 5) is 24.0. The summed E-state index contributed by atoms with van der Waals surface area (Å²) >= 11 is 5.89. The van der Waals surface area contributed by atoms with Gasteiger partial charge in [0.05, 0.1) is 11.6 Å². The molecule has 0 aromatic heterocycles. The lowest BCUT2D eigenvalue weighted by Gasteiger charge is -2.32. The van der Waals surface area contributed by atoms with Gasteiger partial charge in [0.15, 0.2) is 5.78 Å². The van der Waals surface area contributed by atoms with Gasteiger partial charge in [-0.25, -0.2) is 0 Å². The summed E-state index contributed by atoms with van der Waals surface area (Å²) in [5, 5.41) is 13.7. The number of rotatable bonds is 3. The fraction of sp³-hybridized carbons (Fsp3) is 0.412. The molecule has 1 amide bonds. The fourth-order valence-corrected chi connectivity index (χ4v) is 2.94. The Bertz CT molecular complexity index is 632. The first-order valence-electron chi connectivity index (χ1n) is 7.17. The van der Waals surface area contributed by atoms with E-state index in [1.54, 1.807) is 24.3 Å². The minimum absolute atomic E-state index is 0.0509. The highest BCUT2D eigenvalue weighted by Crippen LogP contribution is 2.40. The Balaban J connectivity index is 2.47. The standard InChI is InChI=1S/C17H20ClNO3/c1-10(20)19-16(11-4-6-12(18)7-5-11)15-13(21)8-17(2,3)9-14(15)22/h4-7,16,21H,8-9H2,1-3H3,(H,19,20). The number of carbonyl (C=O) groups is 2. The van der Waals surface area contributed by atoms with Gasteiger partial charge in [-0.05, 0) is 23.1 Å². The molecule has 1 aromatic carbocycles. The number of Topliss-reactive ketones (excluding diaryl/α,β-unsaturated/α-hetero) is 1. The molecule has 5 heteroatoms. The van der Waals surface area contributed by atoms with Gasteiger partial charge < -0.3 is 10.4 Å². The maximum absolute atomic E-state index is 12.5. The first kappa shape index (κ1) is 16.6. The molecular formula is C17H20ClNO3. The summed E-state index contributed by atoms with van der Waals surface area (Å²) in [6.45, 7) is 5.26. The number of hydrogen-bond acceptors (Lipinski definition) is 3. The van der Waals surface area contributed by atoms with Crippen LogP contribution in [0.5, 0.6) is 0 Å². The van der Waals surface area contributed by atoms with Crippen LogP contribution in [0.1, 0.15) is 45.2 Å². The number of halogens is 1. The lowest BCUT2D eigenvalue weighted by Crippen LogP contribution is -2.35. The van der Waals surface area contributed by atoms with E-state index < -0.39 is 6.04 Å². The van der Waals surface area contributed by atoms with Gasteiger partial charge in [-0.1, -0.05) is 37.6 Å². The van der Waals surface area contributed by atoms with Gasteiger partial charge in [0.1, 0.15) is 5.76 Å². The second-order valence-corrected chi connectivity index (χ2v) is 6.92. The van der Waals surface area contributed by atoms with Gasteiger partial charge in [-0.3, -0.25) is 9.59 Å². The van der Waals surface area contributed by atoms with Gasteiger partial charge >= 0.3 is 0 Å². The second-order valence-electron chi connectivity index (χ2n) is 6.49. The molecule has 0 spiro atoms. The molecule has 2 rings (SSSR count). The maximum atomic E-state index is 12.5. The molecule has 0 radical (unpaired) electrons. The van der Waals surface area contributed by atoms with Gasteiger partial charge in [0.25, 0.3) is 0 Å². The monoisotopic (exact) mass is 321 g/mol.